The molecule has 0 bridgehead atoms. The Hall–Kier alpha value is -2.86. The van der Waals surface area contributed by atoms with Crippen LogP contribution in [0.4, 0.5) is 0 Å². The third-order valence-corrected chi connectivity index (χ3v) is 9.81. The quantitative estimate of drug-likeness (QED) is 0.249. The van der Waals surface area contributed by atoms with Crippen molar-refractivity contribution in [2.75, 3.05) is 0 Å². The maximum Gasteiger partial charge on any atom is 0.381 e. The average Bonchev–Trinajstić information content (AvgIpc) is 2.95. The predicted molar refractivity (Wildman–Crippen MR) is 113 cm³/mol. The number of esters is 1. The second-order valence-electron chi connectivity index (χ2n) is 8.47. The topological polar surface area (TPSA) is 61.8 Å². The number of benzene rings is 2. The van der Waals surface area contributed by atoms with Gasteiger partial charge < -0.3 is 13.9 Å². The van der Waals surface area contributed by atoms with Crippen LogP contribution in [0.1, 0.15) is 34.6 Å². The van der Waals surface area contributed by atoms with Gasteiger partial charge in [-0.05, 0) is 15.4 Å². The highest BCUT2D eigenvalue weighted by Gasteiger charge is 2.53. The molecule has 0 aromatic heterocycles. The second kappa shape index (κ2) is 7.52. The van der Waals surface area contributed by atoms with E-state index < -0.39 is 20.1 Å². The summed E-state index contributed by atoms with van der Waals surface area (Å²) < 4.78 is 17.4. The van der Waals surface area contributed by atoms with Gasteiger partial charge in [-0.3, -0.25) is 4.79 Å². The van der Waals surface area contributed by atoms with Crippen LogP contribution in [0, 0.1) is 0 Å². The molecule has 1 fully saturated rings. The molecule has 0 atom stereocenters. The van der Waals surface area contributed by atoms with Crippen molar-refractivity contribution in [1.29, 1.82) is 0 Å². The van der Waals surface area contributed by atoms with Gasteiger partial charge in [0.1, 0.15) is 0 Å². The van der Waals surface area contributed by atoms with E-state index in [0.29, 0.717) is 6.29 Å². The number of allylic oxidation sites excluding steroid dienone is 1. The summed E-state index contributed by atoms with van der Waals surface area (Å²) in [4.78, 5) is 24.4. The molecule has 2 aromatic rings. The summed E-state index contributed by atoms with van der Waals surface area (Å²) >= 11 is 0. The zero-order valence-electron chi connectivity index (χ0n) is 17.4. The highest BCUT2D eigenvalue weighted by molar-refractivity contribution is 6.99. The van der Waals surface area contributed by atoms with E-state index in [2.05, 4.69) is 20.8 Å². The van der Waals surface area contributed by atoms with Gasteiger partial charge >= 0.3 is 14.3 Å². The van der Waals surface area contributed by atoms with Crippen molar-refractivity contribution in [1.82, 2.24) is 0 Å². The highest BCUT2D eigenvalue weighted by Crippen LogP contribution is 2.39. The van der Waals surface area contributed by atoms with E-state index in [4.69, 9.17) is 13.9 Å². The van der Waals surface area contributed by atoms with Crippen LogP contribution in [0.3, 0.4) is 0 Å². The molecule has 2 aromatic carbocycles. The average molecular weight is 411 g/mol. The molecular weight excluding hydrogens is 384 g/mol. The number of carbonyl (C=O) groups excluding carboxylic acids is 2. The van der Waals surface area contributed by atoms with Gasteiger partial charge in [0.05, 0.1) is 0 Å². The predicted octanol–water partition coefficient (Wildman–Crippen LogP) is 3.28. The Morgan fingerprint density at radius 2 is 1.41 bits per heavy atom. The smallest absolute Gasteiger partial charge is 0.381 e. The minimum Gasteiger partial charge on any atom is -0.529 e. The second-order valence-corrected chi connectivity index (χ2v) is 12.7. The summed E-state index contributed by atoms with van der Waals surface area (Å²) in [6.45, 7) is 9.49. The Labute approximate surface area is 172 Å². The number of rotatable bonds is 5. The van der Waals surface area contributed by atoms with Crippen molar-refractivity contribution in [2.45, 2.75) is 45.4 Å². The third kappa shape index (κ3) is 3.85. The standard InChI is InChI=1S/C23H26O5Si/c1-22(2,3)29(17-12-8-6-9-13-17,18-14-10-7-11-15-18)28-19(16-24)20-21(25)27-23(4,5)26-20/h6-16H,1-5H3. The van der Waals surface area contributed by atoms with Crippen molar-refractivity contribution in [3.8, 4) is 0 Å². The van der Waals surface area contributed by atoms with E-state index in [0.717, 1.165) is 10.4 Å². The number of ether oxygens (including phenoxy) is 2. The highest BCUT2D eigenvalue weighted by atomic mass is 28.4. The molecule has 0 radical (unpaired) electrons. The van der Waals surface area contributed by atoms with Crippen LogP contribution in [0.5, 0.6) is 0 Å². The summed E-state index contributed by atoms with van der Waals surface area (Å²) in [6.07, 6.45) is 0.539. The molecule has 152 valence electrons. The van der Waals surface area contributed by atoms with Crippen LogP contribution in [0.25, 0.3) is 0 Å². The first kappa shape index (κ1) is 20.9. The van der Waals surface area contributed by atoms with E-state index >= 15 is 0 Å². The first-order chi connectivity index (χ1) is 13.6. The van der Waals surface area contributed by atoms with Gasteiger partial charge in [0.2, 0.25) is 5.79 Å². The van der Waals surface area contributed by atoms with Crippen molar-refractivity contribution >= 4 is 30.9 Å². The van der Waals surface area contributed by atoms with Crippen LogP contribution >= 0.6 is 0 Å². The van der Waals surface area contributed by atoms with Gasteiger partial charge in [-0.15, -0.1) is 0 Å². The number of aldehydes is 1. The van der Waals surface area contributed by atoms with Crippen molar-refractivity contribution < 1.29 is 23.5 Å². The monoisotopic (exact) mass is 410 g/mol. The molecule has 6 heteroatoms. The summed E-state index contributed by atoms with van der Waals surface area (Å²) in [6, 6.07) is 19.7. The van der Waals surface area contributed by atoms with Crippen LogP contribution in [0.2, 0.25) is 5.04 Å². The van der Waals surface area contributed by atoms with Gasteiger partial charge in [0.25, 0.3) is 5.76 Å². The fraction of sp³-hybridized carbons (Fsp3) is 0.304. The van der Waals surface area contributed by atoms with Gasteiger partial charge in [-0.2, -0.15) is 0 Å². The van der Waals surface area contributed by atoms with Crippen LogP contribution in [0.15, 0.2) is 72.2 Å². The Bertz CT molecular complexity index is 887. The SMILES string of the molecule is CC1(C)OC(=O)C(=C(C=O)O[Si](c2ccccc2)(c2ccccc2)C(C)(C)C)O1. The Morgan fingerprint density at radius 3 is 1.76 bits per heavy atom. The molecule has 29 heavy (non-hydrogen) atoms. The lowest BCUT2D eigenvalue weighted by atomic mass is 10.2. The largest absolute Gasteiger partial charge is 0.529 e. The minimum absolute atomic E-state index is 0.130. The van der Waals surface area contributed by atoms with Crippen LogP contribution in [-0.4, -0.2) is 26.4 Å². The maximum atomic E-state index is 12.4. The number of hydrogen-bond donors (Lipinski definition) is 0. The Kier molecular flexibility index (Phi) is 5.41. The van der Waals surface area contributed by atoms with Crippen molar-refractivity contribution in [3.63, 3.8) is 0 Å². The first-order valence-electron chi connectivity index (χ1n) is 9.52. The van der Waals surface area contributed by atoms with E-state index in [1.165, 1.54) is 0 Å². The zero-order chi connectivity index (χ0) is 21.3. The van der Waals surface area contributed by atoms with Gasteiger partial charge in [-0.25, -0.2) is 4.79 Å². The van der Waals surface area contributed by atoms with E-state index in [1.54, 1.807) is 13.8 Å². The van der Waals surface area contributed by atoms with Crippen LogP contribution in [-0.2, 0) is 23.5 Å². The molecule has 0 saturated carbocycles. The minimum atomic E-state index is -3.05. The van der Waals surface area contributed by atoms with E-state index in [-0.39, 0.29) is 16.6 Å². The number of hydrogen-bond acceptors (Lipinski definition) is 5. The van der Waals surface area contributed by atoms with E-state index in [9.17, 15) is 9.59 Å². The molecule has 0 N–H and O–H groups in total. The molecule has 1 heterocycles. The summed E-state index contributed by atoms with van der Waals surface area (Å²) in [7, 11) is -3.05. The fourth-order valence-electron chi connectivity index (χ4n) is 3.67. The summed E-state index contributed by atoms with van der Waals surface area (Å²) in [5.41, 5.74) is 0. The lowest BCUT2D eigenvalue weighted by molar-refractivity contribution is -0.159. The first-order valence-corrected chi connectivity index (χ1v) is 11.4. The van der Waals surface area contributed by atoms with E-state index in [1.807, 2.05) is 60.7 Å². The van der Waals surface area contributed by atoms with Crippen molar-refractivity contribution in [2.24, 2.45) is 0 Å². The molecule has 5 nitrogen and oxygen atoms in total. The summed E-state index contributed by atoms with van der Waals surface area (Å²) in [5.74, 6) is -2.15. The molecule has 0 aliphatic carbocycles. The van der Waals surface area contributed by atoms with Crippen LogP contribution < -0.4 is 10.4 Å². The summed E-state index contributed by atoms with van der Waals surface area (Å²) in [5, 5.41) is 1.62. The Morgan fingerprint density at radius 1 is 0.931 bits per heavy atom. The third-order valence-electron chi connectivity index (χ3n) is 4.88. The zero-order valence-corrected chi connectivity index (χ0v) is 18.4. The van der Waals surface area contributed by atoms with Gasteiger partial charge in [0.15, 0.2) is 12.0 Å². The molecule has 1 saturated heterocycles. The molecular formula is C23H26O5Si. The van der Waals surface area contributed by atoms with Gasteiger partial charge in [0, 0.05) is 13.8 Å². The lowest BCUT2D eigenvalue weighted by Crippen LogP contribution is -2.66. The van der Waals surface area contributed by atoms with Crippen molar-refractivity contribution in [3.05, 3.63) is 72.2 Å². The molecule has 1 aliphatic rings. The molecule has 0 amide bonds. The Balaban J connectivity index is 2.26. The number of carbonyl (C=O) groups is 2. The molecule has 3 rings (SSSR count). The number of cyclic esters (lactones) is 1. The fourth-order valence-corrected chi connectivity index (χ4v) is 8.07. The normalized spacial score (nSPS) is 17.9. The molecule has 0 spiro atoms. The molecule has 0 unspecified atom stereocenters. The maximum absolute atomic E-state index is 12.4. The molecule has 1 aliphatic heterocycles. The lowest BCUT2D eigenvalue weighted by Gasteiger charge is -2.42. The van der Waals surface area contributed by atoms with Gasteiger partial charge in [-0.1, -0.05) is 81.4 Å².